The van der Waals surface area contributed by atoms with Crippen molar-refractivity contribution >= 4 is 29.3 Å². The molecule has 23 heavy (non-hydrogen) atoms. The Morgan fingerprint density at radius 3 is 2.70 bits per heavy atom. The molecule has 2 rings (SSSR count). The van der Waals surface area contributed by atoms with Crippen LogP contribution in [0, 0.1) is 0 Å². The number of ether oxygens (including phenoxy) is 1. The van der Waals surface area contributed by atoms with E-state index in [0.717, 1.165) is 43.4 Å². The summed E-state index contributed by atoms with van der Waals surface area (Å²) in [6.07, 6.45) is 4.67. The summed E-state index contributed by atoms with van der Waals surface area (Å²) in [6, 6.07) is 7.53. The monoisotopic (exact) mass is 337 g/mol. The van der Waals surface area contributed by atoms with Gasteiger partial charge in [0.1, 0.15) is 5.60 Å². The highest BCUT2D eigenvalue weighted by atomic mass is 32.2. The molecule has 0 radical (unpaired) electrons. The van der Waals surface area contributed by atoms with Gasteiger partial charge in [0.25, 0.3) is 5.91 Å². The summed E-state index contributed by atoms with van der Waals surface area (Å²) in [5.41, 5.74) is 1.00. The van der Waals surface area contributed by atoms with Crippen LogP contribution in [0.4, 0.5) is 5.69 Å². The summed E-state index contributed by atoms with van der Waals surface area (Å²) >= 11 is 1.34. The molecule has 1 amide bonds. The summed E-state index contributed by atoms with van der Waals surface area (Å²) in [5, 5.41) is 11.6. The lowest BCUT2D eigenvalue weighted by molar-refractivity contribution is -0.141. The van der Waals surface area contributed by atoms with E-state index in [4.69, 9.17) is 9.84 Å². The molecule has 6 heteroatoms. The van der Waals surface area contributed by atoms with Gasteiger partial charge in [0.05, 0.1) is 5.75 Å². The number of methoxy groups -OCH3 is 1. The minimum atomic E-state index is -0.821. The Balaban J connectivity index is 1.98. The van der Waals surface area contributed by atoms with Crippen LogP contribution in [0.15, 0.2) is 24.3 Å². The second-order valence-corrected chi connectivity index (χ2v) is 6.79. The largest absolute Gasteiger partial charge is 0.481 e. The zero-order valence-electron chi connectivity index (χ0n) is 13.3. The van der Waals surface area contributed by atoms with Crippen LogP contribution in [0.2, 0.25) is 0 Å². The maximum Gasteiger partial charge on any atom is 0.313 e. The molecule has 0 aromatic heterocycles. The number of carbonyl (C=O) groups excluding carboxylic acids is 1. The van der Waals surface area contributed by atoms with Gasteiger partial charge in [-0.05, 0) is 30.5 Å². The van der Waals surface area contributed by atoms with Crippen molar-refractivity contribution in [3.8, 4) is 0 Å². The lowest BCUT2D eigenvalue weighted by Crippen LogP contribution is -2.46. The maximum absolute atomic E-state index is 12.6. The summed E-state index contributed by atoms with van der Waals surface area (Å²) in [6.45, 7) is 0. The van der Waals surface area contributed by atoms with Crippen LogP contribution in [0.5, 0.6) is 0 Å². The van der Waals surface area contributed by atoms with Crippen LogP contribution in [0.25, 0.3) is 0 Å². The number of rotatable bonds is 7. The van der Waals surface area contributed by atoms with E-state index in [1.165, 1.54) is 11.8 Å². The molecule has 1 saturated carbocycles. The smallest absolute Gasteiger partial charge is 0.313 e. The normalized spacial score (nSPS) is 16.7. The number of anilines is 1. The minimum Gasteiger partial charge on any atom is -0.481 e. The van der Waals surface area contributed by atoms with E-state index >= 15 is 0 Å². The standard InChI is InChI=1S/C17H23NO4S/c1-22-17(8-3-2-4-9-17)16(21)18-14-7-5-6-13(10-14)11-23-12-15(19)20/h5-7,10H,2-4,8-9,11-12H2,1H3,(H,18,21)(H,19,20). The molecule has 1 aromatic rings. The number of hydrogen-bond acceptors (Lipinski definition) is 4. The molecule has 0 spiro atoms. The van der Waals surface area contributed by atoms with Gasteiger partial charge in [-0.1, -0.05) is 31.4 Å². The molecule has 5 nitrogen and oxygen atoms in total. The van der Waals surface area contributed by atoms with E-state index in [-0.39, 0.29) is 11.7 Å². The molecular formula is C17H23NO4S. The van der Waals surface area contributed by atoms with Crippen LogP contribution in [0.3, 0.4) is 0 Å². The molecule has 0 atom stereocenters. The van der Waals surface area contributed by atoms with Gasteiger partial charge >= 0.3 is 5.97 Å². The SMILES string of the molecule is COC1(C(=O)Nc2cccc(CSCC(=O)O)c2)CCCCC1. The summed E-state index contributed by atoms with van der Waals surface area (Å²) < 4.78 is 5.55. The van der Waals surface area contributed by atoms with Gasteiger partial charge in [-0.15, -0.1) is 11.8 Å². The fraction of sp³-hybridized carbons (Fsp3) is 0.529. The number of amides is 1. The number of hydrogen-bond donors (Lipinski definition) is 2. The first-order chi connectivity index (χ1) is 11.1. The van der Waals surface area contributed by atoms with Crippen molar-refractivity contribution < 1.29 is 19.4 Å². The van der Waals surface area contributed by atoms with Gasteiger partial charge in [-0.25, -0.2) is 0 Å². The topological polar surface area (TPSA) is 75.6 Å². The van der Waals surface area contributed by atoms with Crippen molar-refractivity contribution in [2.24, 2.45) is 0 Å². The van der Waals surface area contributed by atoms with Crippen molar-refractivity contribution in [3.63, 3.8) is 0 Å². The number of benzene rings is 1. The number of carboxylic acids is 1. The van der Waals surface area contributed by atoms with Crippen LogP contribution in [-0.4, -0.2) is 35.4 Å². The quantitative estimate of drug-likeness (QED) is 0.798. The third-order valence-electron chi connectivity index (χ3n) is 4.14. The summed E-state index contributed by atoms with van der Waals surface area (Å²) in [7, 11) is 1.60. The molecule has 2 N–H and O–H groups in total. The summed E-state index contributed by atoms with van der Waals surface area (Å²) in [5.74, 6) is -0.233. The third kappa shape index (κ3) is 4.97. The van der Waals surface area contributed by atoms with Crippen molar-refractivity contribution in [2.75, 3.05) is 18.2 Å². The first-order valence-corrected chi connectivity index (χ1v) is 8.96. The zero-order valence-corrected chi connectivity index (χ0v) is 14.2. The first-order valence-electron chi connectivity index (χ1n) is 7.81. The Morgan fingerprint density at radius 2 is 2.04 bits per heavy atom. The average molecular weight is 337 g/mol. The summed E-state index contributed by atoms with van der Waals surface area (Å²) in [4.78, 5) is 23.2. The minimum absolute atomic E-state index is 0.0728. The molecule has 1 aliphatic carbocycles. The fourth-order valence-electron chi connectivity index (χ4n) is 2.89. The molecule has 0 unspecified atom stereocenters. The van der Waals surface area contributed by atoms with Gasteiger partial charge in [0.15, 0.2) is 0 Å². The van der Waals surface area contributed by atoms with Gasteiger partial charge in [-0.2, -0.15) is 0 Å². The lowest BCUT2D eigenvalue weighted by atomic mass is 9.84. The first kappa shape index (κ1) is 17.8. The van der Waals surface area contributed by atoms with Crippen molar-refractivity contribution in [3.05, 3.63) is 29.8 Å². The Kier molecular flexibility index (Phi) is 6.47. The number of nitrogens with one attached hydrogen (secondary N) is 1. The zero-order chi connectivity index (χ0) is 16.7. The van der Waals surface area contributed by atoms with Crippen LogP contribution >= 0.6 is 11.8 Å². The average Bonchev–Trinajstić information content (AvgIpc) is 2.55. The number of carboxylic acid groups (broad SMARTS) is 1. The Morgan fingerprint density at radius 1 is 1.30 bits per heavy atom. The van der Waals surface area contributed by atoms with Gasteiger partial charge in [0.2, 0.25) is 0 Å². The Labute approximate surface area is 140 Å². The number of aliphatic carboxylic acids is 1. The molecule has 126 valence electrons. The highest BCUT2D eigenvalue weighted by molar-refractivity contribution is 7.99. The number of carbonyl (C=O) groups is 2. The molecule has 0 saturated heterocycles. The van der Waals surface area contributed by atoms with E-state index in [1.807, 2.05) is 24.3 Å². The van der Waals surface area contributed by atoms with E-state index in [1.54, 1.807) is 7.11 Å². The van der Waals surface area contributed by atoms with Gasteiger partial charge in [0, 0.05) is 18.6 Å². The highest BCUT2D eigenvalue weighted by Gasteiger charge is 2.39. The molecule has 1 fully saturated rings. The predicted molar refractivity (Wildman–Crippen MR) is 91.7 cm³/mol. The maximum atomic E-state index is 12.6. The molecule has 1 aliphatic rings. The van der Waals surface area contributed by atoms with Crippen LogP contribution < -0.4 is 5.32 Å². The highest BCUT2D eigenvalue weighted by Crippen LogP contribution is 2.32. The van der Waals surface area contributed by atoms with E-state index in [9.17, 15) is 9.59 Å². The van der Waals surface area contributed by atoms with Crippen molar-refractivity contribution in [1.82, 2.24) is 0 Å². The van der Waals surface area contributed by atoms with Crippen molar-refractivity contribution in [2.45, 2.75) is 43.5 Å². The molecule has 0 bridgehead atoms. The van der Waals surface area contributed by atoms with Crippen LogP contribution in [-0.2, 0) is 20.1 Å². The third-order valence-corrected chi connectivity index (χ3v) is 5.13. The number of thioether (sulfide) groups is 1. The Hall–Kier alpha value is -1.53. The molecular weight excluding hydrogens is 314 g/mol. The van der Waals surface area contributed by atoms with Crippen LogP contribution in [0.1, 0.15) is 37.7 Å². The molecule has 1 aromatic carbocycles. The van der Waals surface area contributed by atoms with E-state index < -0.39 is 11.6 Å². The molecule has 0 aliphatic heterocycles. The lowest BCUT2D eigenvalue weighted by Gasteiger charge is -2.34. The Bertz CT molecular complexity index is 555. The molecule has 0 heterocycles. The predicted octanol–water partition coefficient (Wildman–Crippen LogP) is 3.29. The van der Waals surface area contributed by atoms with Crippen molar-refractivity contribution in [1.29, 1.82) is 0 Å². The fourth-order valence-corrected chi connectivity index (χ4v) is 3.58. The second kappa shape index (κ2) is 8.36. The van der Waals surface area contributed by atoms with E-state index in [2.05, 4.69) is 5.32 Å². The van der Waals surface area contributed by atoms with Gasteiger partial charge < -0.3 is 15.2 Å². The van der Waals surface area contributed by atoms with E-state index in [0.29, 0.717) is 5.75 Å². The van der Waals surface area contributed by atoms with Gasteiger partial charge in [-0.3, -0.25) is 9.59 Å². The second-order valence-electron chi connectivity index (χ2n) is 5.80.